The Balaban J connectivity index is 2.19. The van der Waals surface area contributed by atoms with Gasteiger partial charge in [-0.05, 0) is 23.8 Å². The Morgan fingerprint density at radius 3 is 2.45 bits per heavy atom. The summed E-state index contributed by atoms with van der Waals surface area (Å²) in [5.41, 5.74) is 8.47. The van der Waals surface area contributed by atoms with Gasteiger partial charge in [0, 0.05) is 16.8 Å². The Morgan fingerprint density at radius 2 is 1.86 bits per heavy atom. The van der Waals surface area contributed by atoms with E-state index in [4.69, 9.17) is 10.2 Å². The van der Waals surface area contributed by atoms with Crippen LogP contribution in [0.15, 0.2) is 47.7 Å². The zero-order valence-electron chi connectivity index (χ0n) is 11.3. The highest BCUT2D eigenvalue weighted by atomic mass is 19.4. The number of halogens is 3. The summed E-state index contributed by atoms with van der Waals surface area (Å²) in [6, 6.07) is 6.49. The average Bonchev–Trinajstić information content (AvgIpc) is 2.95. The van der Waals surface area contributed by atoms with E-state index < -0.39 is 11.7 Å². The van der Waals surface area contributed by atoms with Gasteiger partial charge in [0.15, 0.2) is 12.0 Å². The lowest BCUT2D eigenvalue weighted by Gasteiger charge is -2.10. The fourth-order valence-corrected chi connectivity index (χ4v) is 2.33. The molecule has 2 aromatic carbocycles. The second-order valence-electron chi connectivity index (χ2n) is 4.74. The van der Waals surface area contributed by atoms with Gasteiger partial charge in [-0.15, -0.1) is 0 Å². The largest absolute Gasteiger partial charge is 0.443 e. The third-order valence-electron chi connectivity index (χ3n) is 3.41. The van der Waals surface area contributed by atoms with Crippen LogP contribution in [0.2, 0.25) is 0 Å². The van der Waals surface area contributed by atoms with Crippen LogP contribution in [0, 0.1) is 0 Å². The van der Waals surface area contributed by atoms with Gasteiger partial charge >= 0.3 is 6.18 Å². The van der Waals surface area contributed by atoms with E-state index in [-0.39, 0.29) is 0 Å². The number of oxazole rings is 1. The van der Waals surface area contributed by atoms with E-state index in [1.54, 1.807) is 12.1 Å². The number of hydrogen-bond acceptors (Lipinski definition) is 3. The molecule has 0 aliphatic carbocycles. The molecule has 0 amide bonds. The summed E-state index contributed by atoms with van der Waals surface area (Å²) in [4.78, 5) is 4.12. The minimum absolute atomic E-state index is 0.425. The first-order chi connectivity index (χ1) is 10.4. The lowest BCUT2D eigenvalue weighted by Crippen LogP contribution is -2.04. The van der Waals surface area contributed by atoms with Crippen LogP contribution < -0.4 is 5.73 Å². The highest BCUT2D eigenvalue weighted by molar-refractivity contribution is 5.99. The Labute approximate surface area is 123 Å². The van der Waals surface area contributed by atoms with Crippen LogP contribution in [0.1, 0.15) is 11.1 Å². The van der Waals surface area contributed by atoms with Crippen LogP contribution >= 0.6 is 0 Å². The summed E-state index contributed by atoms with van der Waals surface area (Å²) in [7, 11) is 0. The number of aromatic nitrogens is 1. The van der Waals surface area contributed by atoms with E-state index in [9.17, 15) is 13.2 Å². The first-order valence-electron chi connectivity index (χ1n) is 6.37. The molecule has 0 spiro atoms. The third kappa shape index (κ3) is 2.22. The van der Waals surface area contributed by atoms with Gasteiger partial charge in [0.25, 0.3) is 0 Å². The van der Waals surface area contributed by atoms with Crippen LogP contribution in [0.3, 0.4) is 0 Å². The van der Waals surface area contributed by atoms with Gasteiger partial charge < -0.3 is 10.2 Å². The van der Waals surface area contributed by atoms with Crippen molar-refractivity contribution in [1.29, 1.82) is 0 Å². The lowest BCUT2D eigenvalue weighted by atomic mass is 9.99. The summed E-state index contributed by atoms with van der Waals surface area (Å²) < 4.78 is 43.2. The number of anilines is 1. The first kappa shape index (κ1) is 14.2. The zero-order chi connectivity index (χ0) is 15.9. The van der Waals surface area contributed by atoms with E-state index in [2.05, 4.69) is 11.6 Å². The predicted octanol–water partition coefficient (Wildman–Crippen LogP) is 4.74. The molecule has 0 atom stereocenters. The molecule has 0 bridgehead atoms. The maximum absolute atomic E-state index is 12.6. The number of benzene rings is 2. The minimum atomic E-state index is -4.37. The molecular formula is C16H11F3N2O. The maximum Gasteiger partial charge on any atom is 0.416 e. The fraction of sp³-hybridized carbons (Fsp3) is 0.0625. The minimum Gasteiger partial charge on any atom is -0.443 e. The van der Waals surface area contributed by atoms with Gasteiger partial charge in [-0.3, -0.25) is 0 Å². The summed E-state index contributed by atoms with van der Waals surface area (Å²) in [5, 5.41) is 0. The number of rotatable bonds is 2. The molecule has 0 saturated heterocycles. The molecule has 22 heavy (non-hydrogen) atoms. The van der Waals surface area contributed by atoms with Crippen molar-refractivity contribution in [3.63, 3.8) is 0 Å². The van der Waals surface area contributed by atoms with Crippen molar-refractivity contribution >= 4 is 22.9 Å². The normalized spacial score (nSPS) is 11.8. The van der Waals surface area contributed by atoms with Gasteiger partial charge in [0.05, 0.1) is 5.56 Å². The van der Waals surface area contributed by atoms with Crippen molar-refractivity contribution in [2.75, 3.05) is 5.73 Å². The fourth-order valence-electron chi connectivity index (χ4n) is 2.33. The van der Waals surface area contributed by atoms with Gasteiger partial charge in [-0.25, -0.2) is 4.98 Å². The molecule has 2 N–H and O–H groups in total. The smallest absolute Gasteiger partial charge is 0.416 e. The van der Waals surface area contributed by atoms with Crippen LogP contribution in [0.4, 0.5) is 18.9 Å². The Hall–Kier alpha value is -2.76. The van der Waals surface area contributed by atoms with E-state index in [0.717, 1.165) is 12.1 Å². The number of nitrogen functional groups attached to an aromatic ring is 1. The molecule has 3 aromatic rings. The molecular weight excluding hydrogens is 293 g/mol. The molecule has 112 valence electrons. The molecule has 3 nitrogen and oxygen atoms in total. The van der Waals surface area contributed by atoms with E-state index in [1.165, 1.54) is 18.5 Å². The van der Waals surface area contributed by atoms with Crippen LogP contribution in [-0.4, -0.2) is 4.98 Å². The van der Waals surface area contributed by atoms with Crippen molar-refractivity contribution in [1.82, 2.24) is 4.98 Å². The molecule has 0 unspecified atom stereocenters. The number of alkyl halides is 3. The monoisotopic (exact) mass is 304 g/mol. The van der Waals surface area contributed by atoms with E-state index >= 15 is 0 Å². The van der Waals surface area contributed by atoms with Crippen LogP contribution in [0.5, 0.6) is 0 Å². The quantitative estimate of drug-likeness (QED) is 0.696. The van der Waals surface area contributed by atoms with Crippen molar-refractivity contribution in [3.05, 3.63) is 54.4 Å². The SMILES string of the molecule is C=Cc1c(N)cc(-c2ccc(C(F)(F)F)cc2)c2ncoc12. The molecule has 0 radical (unpaired) electrons. The predicted molar refractivity (Wildman–Crippen MR) is 79.0 cm³/mol. The Morgan fingerprint density at radius 1 is 1.18 bits per heavy atom. The zero-order valence-corrected chi connectivity index (χ0v) is 11.3. The van der Waals surface area contributed by atoms with Gasteiger partial charge in [0.1, 0.15) is 5.52 Å². The number of hydrogen-bond donors (Lipinski definition) is 1. The van der Waals surface area contributed by atoms with Gasteiger partial charge in [0.2, 0.25) is 0 Å². The maximum atomic E-state index is 12.6. The first-order valence-corrected chi connectivity index (χ1v) is 6.37. The molecule has 6 heteroatoms. The second-order valence-corrected chi connectivity index (χ2v) is 4.74. The highest BCUT2D eigenvalue weighted by Crippen LogP contribution is 2.36. The topological polar surface area (TPSA) is 52.0 Å². The summed E-state index contributed by atoms with van der Waals surface area (Å²) in [5.74, 6) is 0. The van der Waals surface area contributed by atoms with E-state index in [1.807, 2.05) is 0 Å². The van der Waals surface area contributed by atoms with Crippen LogP contribution in [-0.2, 0) is 6.18 Å². The molecule has 0 aliphatic rings. The summed E-state index contributed by atoms with van der Waals surface area (Å²) >= 11 is 0. The molecule has 1 heterocycles. The Kier molecular flexibility index (Phi) is 3.16. The summed E-state index contributed by atoms with van der Waals surface area (Å²) in [6.45, 7) is 3.67. The molecule has 1 aromatic heterocycles. The molecule has 0 fully saturated rings. The lowest BCUT2D eigenvalue weighted by molar-refractivity contribution is -0.137. The second kappa shape index (κ2) is 4.91. The van der Waals surface area contributed by atoms with Crippen molar-refractivity contribution in [2.24, 2.45) is 0 Å². The van der Waals surface area contributed by atoms with Crippen LogP contribution in [0.25, 0.3) is 28.3 Å². The van der Waals surface area contributed by atoms with Crippen molar-refractivity contribution < 1.29 is 17.6 Å². The summed E-state index contributed by atoms with van der Waals surface area (Å²) in [6.07, 6.45) is -1.54. The van der Waals surface area contributed by atoms with Gasteiger partial charge in [-0.1, -0.05) is 24.8 Å². The van der Waals surface area contributed by atoms with Gasteiger partial charge in [-0.2, -0.15) is 13.2 Å². The van der Waals surface area contributed by atoms with Crippen molar-refractivity contribution in [2.45, 2.75) is 6.18 Å². The molecule has 3 rings (SSSR count). The standard InChI is InChI=1S/C16H11F3N2O/c1-2-11-13(20)7-12(14-15(11)22-8-21-14)9-3-5-10(6-4-9)16(17,18)19/h2-8H,1,20H2. The molecule has 0 aliphatic heterocycles. The highest BCUT2D eigenvalue weighted by Gasteiger charge is 2.30. The Bertz CT molecular complexity index is 848. The van der Waals surface area contributed by atoms with E-state index in [0.29, 0.717) is 33.5 Å². The number of nitrogens with zero attached hydrogens (tertiary/aromatic N) is 1. The number of nitrogens with two attached hydrogens (primary N) is 1. The third-order valence-corrected chi connectivity index (χ3v) is 3.41. The average molecular weight is 304 g/mol. The van der Waals surface area contributed by atoms with Crippen molar-refractivity contribution in [3.8, 4) is 11.1 Å². The number of fused-ring (bicyclic) bond motifs is 1. The molecule has 0 saturated carbocycles.